The van der Waals surface area contributed by atoms with Crippen molar-refractivity contribution in [2.24, 2.45) is 0 Å². The monoisotopic (exact) mass is 156 g/mol. The molecule has 0 aliphatic heterocycles. The quantitative estimate of drug-likeness (QED) is 0.594. The summed E-state index contributed by atoms with van der Waals surface area (Å²) in [6, 6.07) is 0. The van der Waals surface area contributed by atoms with Gasteiger partial charge in [0.2, 0.25) is 0 Å². The second-order valence-corrected chi connectivity index (χ2v) is 1.94. The van der Waals surface area contributed by atoms with Gasteiger partial charge in [0.15, 0.2) is 0 Å². The molecule has 0 unspecified atom stereocenters. The van der Waals surface area contributed by atoms with Crippen LogP contribution in [0.4, 0.5) is 0 Å². The van der Waals surface area contributed by atoms with Gasteiger partial charge in [-0.1, -0.05) is 18.2 Å². The molecule has 3 heteroatoms. The first-order valence-electron chi connectivity index (χ1n) is 3.35. The molecule has 0 aromatic heterocycles. The average molecular weight is 156 g/mol. The van der Waals surface area contributed by atoms with Gasteiger partial charge in [0, 0.05) is 7.11 Å². The molecule has 0 aromatic rings. The molecule has 0 fully saturated rings. The van der Waals surface area contributed by atoms with Crippen molar-refractivity contribution >= 4 is 5.97 Å². The number of hydrogen-bond donors (Lipinski definition) is 2. The van der Waals surface area contributed by atoms with Gasteiger partial charge in [-0.25, -0.2) is 4.79 Å². The second-order valence-electron chi connectivity index (χ2n) is 1.94. The van der Waals surface area contributed by atoms with E-state index in [0.29, 0.717) is 5.57 Å². The van der Waals surface area contributed by atoms with E-state index < -0.39 is 5.97 Å². The number of aliphatic hydroxyl groups is 1. The highest BCUT2D eigenvalue weighted by Gasteiger charge is 2.03. The van der Waals surface area contributed by atoms with Crippen molar-refractivity contribution < 1.29 is 15.0 Å². The molecule has 0 atom stereocenters. The second kappa shape index (κ2) is 5.68. The van der Waals surface area contributed by atoms with Crippen LogP contribution in [0.2, 0.25) is 0 Å². The summed E-state index contributed by atoms with van der Waals surface area (Å²) in [6.45, 7) is 0. The van der Waals surface area contributed by atoms with Crippen LogP contribution >= 0.6 is 0 Å². The fourth-order valence-electron chi connectivity index (χ4n) is 0.772. The molecule has 0 saturated heterocycles. The van der Waals surface area contributed by atoms with E-state index in [9.17, 15) is 4.79 Å². The third-order valence-corrected chi connectivity index (χ3v) is 1.24. The van der Waals surface area contributed by atoms with Crippen LogP contribution in [0.1, 0.15) is 12.8 Å². The molecule has 62 valence electrons. The Bertz CT molecular complexity index is 180. The maximum atomic E-state index is 10.2. The van der Waals surface area contributed by atoms with Crippen molar-refractivity contribution in [1.82, 2.24) is 0 Å². The highest BCUT2D eigenvalue weighted by Crippen LogP contribution is 2.08. The molecular formula is C8H12O3. The summed E-state index contributed by atoms with van der Waals surface area (Å²) < 4.78 is 0. The maximum Gasteiger partial charge on any atom is 0.335 e. The van der Waals surface area contributed by atoms with Gasteiger partial charge in [0.1, 0.15) is 0 Å². The molecule has 1 aliphatic rings. The molecule has 0 saturated carbocycles. The van der Waals surface area contributed by atoms with E-state index in [-0.39, 0.29) is 0 Å². The number of allylic oxidation sites excluding steroid dienone is 2. The normalized spacial score (nSPS) is 14.5. The fourth-order valence-corrected chi connectivity index (χ4v) is 0.772. The summed E-state index contributed by atoms with van der Waals surface area (Å²) >= 11 is 0. The van der Waals surface area contributed by atoms with Crippen molar-refractivity contribution in [3.05, 3.63) is 23.8 Å². The Morgan fingerprint density at radius 2 is 2.09 bits per heavy atom. The van der Waals surface area contributed by atoms with Crippen molar-refractivity contribution in [3.8, 4) is 0 Å². The predicted octanol–water partition coefficient (Wildman–Crippen LogP) is 0.956. The number of carboxylic acid groups (broad SMARTS) is 1. The van der Waals surface area contributed by atoms with E-state index in [2.05, 4.69) is 0 Å². The highest BCUT2D eigenvalue weighted by molar-refractivity contribution is 5.89. The molecule has 1 rings (SSSR count). The van der Waals surface area contributed by atoms with Gasteiger partial charge in [0.05, 0.1) is 5.57 Å². The van der Waals surface area contributed by atoms with Crippen LogP contribution in [0.3, 0.4) is 0 Å². The van der Waals surface area contributed by atoms with Crippen LogP contribution in [0.15, 0.2) is 23.8 Å². The number of rotatable bonds is 1. The summed E-state index contributed by atoms with van der Waals surface area (Å²) in [7, 11) is 1.00. The molecule has 2 N–H and O–H groups in total. The molecule has 11 heavy (non-hydrogen) atoms. The summed E-state index contributed by atoms with van der Waals surface area (Å²) in [5.41, 5.74) is 0.418. The topological polar surface area (TPSA) is 57.5 Å². The highest BCUT2D eigenvalue weighted by atomic mass is 16.4. The van der Waals surface area contributed by atoms with E-state index in [1.165, 1.54) is 0 Å². The number of hydrogen-bond acceptors (Lipinski definition) is 2. The Balaban J connectivity index is 0.000000461. The lowest BCUT2D eigenvalue weighted by Crippen LogP contribution is -1.99. The van der Waals surface area contributed by atoms with E-state index in [0.717, 1.165) is 20.0 Å². The summed E-state index contributed by atoms with van der Waals surface area (Å²) in [4.78, 5) is 10.2. The first-order chi connectivity index (χ1) is 5.30. The molecule has 0 amide bonds. The van der Waals surface area contributed by atoms with Gasteiger partial charge in [-0.05, 0) is 12.8 Å². The lowest BCUT2D eigenvalue weighted by Gasteiger charge is -1.98. The first-order valence-corrected chi connectivity index (χ1v) is 3.35. The van der Waals surface area contributed by atoms with E-state index in [1.54, 1.807) is 12.2 Å². The summed E-state index contributed by atoms with van der Waals surface area (Å²) in [5, 5.41) is 15.4. The van der Waals surface area contributed by atoms with Gasteiger partial charge in [-0.15, -0.1) is 0 Å². The van der Waals surface area contributed by atoms with Gasteiger partial charge in [-0.3, -0.25) is 0 Å². The van der Waals surface area contributed by atoms with E-state index in [4.69, 9.17) is 10.2 Å². The minimum atomic E-state index is -0.828. The Hall–Kier alpha value is -1.09. The van der Waals surface area contributed by atoms with Crippen LogP contribution in [0, 0.1) is 0 Å². The van der Waals surface area contributed by atoms with Gasteiger partial charge in [-0.2, -0.15) is 0 Å². The van der Waals surface area contributed by atoms with Crippen molar-refractivity contribution in [3.63, 3.8) is 0 Å². The molecule has 3 nitrogen and oxygen atoms in total. The Labute approximate surface area is 65.7 Å². The standard InChI is InChI=1S/C7H8O2.CH4O/c8-7(9)6-4-2-1-3-5-6;1-2/h2,4-5H,1,3H2,(H,8,9);2H,1H3. The first kappa shape index (κ1) is 9.91. The zero-order chi connectivity index (χ0) is 8.69. The zero-order valence-electron chi connectivity index (χ0n) is 6.45. The minimum Gasteiger partial charge on any atom is -0.478 e. The van der Waals surface area contributed by atoms with Gasteiger partial charge < -0.3 is 10.2 Å². The van der Waals surface area contributed by atoms with Crippen molar-refractivity contribution in [1.29, 1.82) is 0 Å². The summed E-state index contributed by atoms with van der Waals surface area (Å²) in [6.07, 6.45) is 7.09. The molecular weight excluding hydrogens is 144 g/mol. The zero-order valence-corrected chi connectivity index (χ0v) is 6.45. The molecule has 0 heterocycles. The Morgan fingerprint density at radius 3 is 2.36 bits per heavy atom. The lowest BCUT2D eigenvalue weighted by molar-refractivity contribution is -0.132. The SMILES string of the molecule is CO.O=C(O)C1=CCCC=C1. The summed E-state index contributed by atoms with van der Waals surface area (Å²) in [5.74, 6) is -0.828. The van der Waals surface area contributed by atoms with Crippen molar-refractivity contribution in [2.75, 3.05) is 7.11 Å². The molecule has 0 aromatic carbocycles. The Morgan fingerprint density at radius 1 is 1.45 bits per heavy atom. The van der Waals surface area contributed by atoms with Crippen LogP contribution < -0.4 is 0 Å². The minimum absolute atomic E-state index is 0.418. The largest absolute Gasteiger partial charge is 0.478 e. The van der Waals surface area contributed by atoms with Gasteiger partial charge >= 0.3 is 5.97 Å². The van der Waals surface area contributed by atoms with Crippen LogP contribution in [0.5, 0.6) is 0 Å². The molecule has 0 bridgehead atoms. The Kier molecular flexibility index (Phi) is 5.11. The smallest absolute Gasteiger partial charge is 0.335 e. The average Bonchev–Trinajstić information content (AvgIpc) is 2.10. The van der Waals surface area contributed by atoms with Crippen LogP contribution in [-0.2, 0) is 4.79 Å². The maximum absolute atomic E-state index is 10.2. The van der Waals surface area contributed by atoms with Crippen LogP contribution in [0.25, 0.3) is 0 Å². The van der Waals surface area contributed by atoms with Crippen molar-refractivity contribution in [2.45, 2.75) is 12.8 Å². The number of carbonyl (C=O) groups is 1. The van der Waals surface area contributed by atoms with Crippen LogP contribution in [-0.4, -0.2) is 23.3 Å². The molecule has 1 aliphatic carbocycles. The van der Waals surface area contributed by atoms with E-state index in [1.807, 2.05) is 6.08 Å². The lowest BCUT2D eigenvalue weighted by atomic mass is 10.1. The fraction of sp³-hybridized carbons (Fsp3) is 0.375. The third kappa shape index (κ3) is 3.57. The van der Waals surface area contributed by atoms with E-state index >= 15 is 0 Å². The molecule has 0 spiro atoms. The number of carboxylic acids is 1. The number of aliphatic carboxylic acids is 1. The third-order valence-electron chi connectivity index (χ3n) is 1.24. The molecule has 0 radical (unpaired) electrons. The predicted molar refractivity (Wildman–Crippen MR) is 42.2 cm³/mol. The van der Waals surface area contributed by atoms with Gasteiger partial charge in [0.25, 0.3) is 0 Å². The number of aliphatic hydroxyl groups excluding tert-OH is 1.